The zero-order chi connectivity index (χ0) is 12.7. The van der Waals surface area contributed by atoms with E-state index in [1.54, 1.807) is 0 Å². The number of amides is 1. The second-order valence-corrected chi connectivity index (χ2v) is 5.67. The number of likely N-dealkylation sites (N-methyl/N-ethyl adjacent to an activating group) is 1. The molecular weight excluding hydrogens is 232 g/mol. The number of hydrogen-bond acceptors (Lipinski definition) is 4. The Hall–Kier alpha value is -0.650. The molecular formula is C13H22N2O3. The number of fused-ring (bicyclic) bond motifs is 1. The molecule has 0 unspecified atom stereocenters. The van der Waals surface area contributed by atoms with Crippen LogP contribution in [0.4, 0.5) is 0 Å². The van der Waals surface area contributed by atoms with Crippen LogP contribution in [0.1, 0.15) is 13.3 Å². The molecule has 0 aromatic carbocycles. The van der Waals surface area contributed by atoms with Crippen molar-refractivity contribution in [3.8, 4) is 0 Å². The summed E-state index contributed by atoms with van der Waals surface area (Å²) in [5.41, 5.74) is 0. The molecule has 3 saturated heterocycles. The number of ether oxygens (including phenoxy) is 2. The van der Waals surface area contributed by atoms with Gasteiger partial charge in [0.2, 0.25) is 5.91 Å². The summed E-state index contributed by atoms with van der Waals surface area (Å²) < 4.78 is 11.3. The van der Waals surface area contributed by atoms with Gasteiger partial charge in [0.1, 0.15) is 0 Å². The van der Waals surface area contributed by atoms with Crippen LogP contribution in [-0.2, 0) is 14.3 Å². The first kappa shape index (κ1) is 12.4. The topological polar surface area (TPSA) is 42.0 Å². The first-order chi connectivity index (χ1) is 8.66. The Bertz CT molecular complexity index is 336. The third-order valence-corrected chi connectivity index (χ3v) is 4.58. The summed E-state index contributed by atoms with van der Waals surface area (Å²) in [4.78, 5) is 16.8. The van der Waals surface area contributed by atoms with Gasteiger partial charge in [-0.15, -0.1) is 0 Å². The molecule has 0 aromatic heterocycles. The average Bonchev–Trinajstić information content (AvgIpc) is 2.95. The van der Waals surface area contributed by atoms with E-state index in [-0.39, 0.29) is 24.0 Å². The minimum Gasteiger partial charge on any atom is -0.378 e. The second-order valence-electron chi connectivity index (χ2n) is 5.67. The molecule has 4 atom stereocenters. The van der Waals surface area contributed by atoms with Gasteiger partial charge in [0, 0.05) is 26.2 Å². The van der Waals surface area contributed by atoms with Crippen LogP contribution in [0.3, 0.4) is 0 Å². The van der Waals surface area contributed by atoms with Crippen LogP contribution in [0.15, 0.2) is 0 Å². The van der Waals surface area contributed by atoms with Gasteiger partial charge in [-0.2, -0.15) is 0 Å². The summed E-state index contributed by atoms with van der Waals surface area (Å²) in [5.74, 6) is 0.307. The predicted octanol–water partition coefficient (Wildman–Crippen LogP) is -0.0472. The number of nitrogens with zero attached hydrogens (tertiary/aromatic N) is 2. The van der Waals surface area contributed by atoms with E-state index < -0.39 is 0 Å². The van der Waals surface area contributed by atoms with Crippen LogP contribution in [-0.4, -0.2) is 73.9 Å². The van der Waals surface area contributed by atoms with E-state index in [1.165, 1.54) is 0 Å². The van der Waals surface area contributed by atoms with Crippen molar-refractivity contribution in [1.29, 1.82) is 0 Å². The summed E-state index contributed by atoms with van der Waals surface area (Å²) in [7, 11) is 2.12. The lowest BCUT2D eigenvalue weighted by atomic mass is 10.0. The zero-order valence-corrected chi connectivity index (χ0v) is 11.2. The fourth-order valence-corrected chi connectivity index (χ4v) is 3.33. The molecule has 0 spiro atoms. The number of morpholine rings is 1. The van der Waals surface area contributed by atoms with Crippen molar-refractivity contribution in [2.75, 3.05) is 39.9 Å². The molecule has 3 aliphatic heterocycles. The lowest BCUT2D eigenvalue weighted by molar-refractivity contribution is -0.136. The second kappa shape index (κ2) is 4.79. The summed E-state index contributed by atoms with van der Waals surface area (Å²) >= 11 is 0. The minimum atomic E-state index is 0.0514. The predicted molar refractivity (Wildman–Crippen MR) is 66.3 cm³/mol. The highest BCUT2D eigenvalue weighted by Crippen LogP contribution is 2.27. The standard InChI is InChI=1S/C13H22N2O3/c1-9-10(3-5-17-9)13(16)15-7-11-12(8-15)18-6-4-14(11)2/h9-12H,3-8H2,1-2H3/t9-,10-,11+,12-/m1/s1. The molecule has 102 valence electrons. The van der Waals surface area contributed by atoms with Crippen molar-refractivity contribution in [3.05, 3.63) is 0 Å². The Balaban J connectivity index is 1.66. The van der Waals surface area contributed by atoms with Crippen LogP contribution >= 0.6 is 0 Å². The Kier molecular flexibility index (Phi) is 3.30. The van der Waals surface area contributed by atoms with Gasteiger partial charge in [-0.3, -0.25) is 9.69 Å². The summed E-state index contributed by atoms with van der Waals surface area (Å²) in [6.07, 6.45) is 1.13. The molecule has 3 rings (SSSR count). The third kappa shape index (κ3) is 2.04. The van der Waals surface area contributed by atoms with E-state index in [0.717, 1.165) is 32.7 Å². The molecule has 0 radical (unpaired) electrons. The lowest BCUT2D eigenvalue weighted by Crippen LogP contribution is -2.48. The molecule has 0 aromatic rings. The van der Waals surface area contributed by atoms with Gasteiger partial charge >= 0.3 is 0 Å². The Morgan fingerprint density at radius 2 is 2.06 bits per heavy atom. The van der Waals surface area contributed by atoms with E-state index in [0.29, 0.717) is 12.6 Å². The van der Waals surface area contributed by atoms with E-state index in [4.69, 9.17) is 9.47 Å². The van der Waals surface area contributed by atoms with Crippen LogP contribution < -0.4 is 0 Å². The molecule has 3 fully saturated rings. The molecule has 18 heavy (non-hydrogen) atoms. The molecule has 0 saturated carbocycles. The molecule has 1 amide bonds. The maximum Gasteiger partial charge on any atom is 0.228 e. The van der Waals surface area contributed by atoms with Gasteiger partial charge in [-0.1, -0.05) is 0 Å². The highest BCUT2D eigenvalue weighted by atomic mass is 16.5. The molecule has 0 N–H and O–H groups in total. The highest BCUT2D eigenvalue weighted by Gasteiger charge is 2.43. The largest absolute Gasteiger partial charge is 0.378 e. The van der Waals surface area contributed by atoms with Crippen molar-refractivity contribution in [1.82, 2.24) is 9.80 Å². The van der Waals surface area contributed by atoms with E-state index in [9.17, 15) is 4.79 Å². The van der Waals surface area contributed by atoms with E-state index in [2.05, 4.69) is 11.9 Å². The van der Waals surface area contributed by atoms with Gasteiger partial charge < -0.3 is 14.4 Å². The fourth-order valence-electron chi connectivity index (χ4n) is 3.33. The molecule has 5 heteroatoms. The Morgan fingerprint density at radius 3 is 2.72 bits per heavy atom. The third-order valence-electron chi connectivity index (χ3n) is 4.58. The Labute approximate surface area is 108 Å². The van der Waals surface area contributed by atoms with E-state index in [1.807, 2.05) is 11.8 Å². The fraction of sp³-hybridized carbons (Fsp3) is 0.923. The quantitative estimate of drug-likeness (QED) is 0.658. The van der Waals surface area contributed by atoms with Crippen molar-refractivity contribution in [2.45, 2.75) is 31.6 Å². The van der Waals surface area contributed by atoms with Gasteiger partial charge in [0.25, 0.3) is 0 Å². The van der Waals surface area contributed by atoms with E-state index >= 15 is 0 Å². The number of likely N-dealkylation sites (tertiary alicyclic amines) is 1. The minimum absolute atomic E-state index is 0.0514. The summed E-state index contributed by atoms with van der Waals surface area (Å²) in [6, 6.07) is 0.375. The van der Waals surface area contributed by atoms with Crippen LogP contribution in [0.5, 0.6) is 0 Å². The van der Waals surface area contributed by atoms with Gasteiger partial charge in [-0.05, 0) is 20.4 Å². The number of rotatable bonds is 1. The monoisotopic (exact) mass is 254 g/mol. The van der Waals surface area contributed by atoms with Crippen molar-refractivity contribution in [3.63, 3.8) is 0 Å². The summed E-state index contributed by atoms with van der Waals surface area (Å²) in [5, 5.41) is 0. The van der Waals surface area contributed by atoms with Gasteiger partial charge in [-0.25, -0.2) is 0 Å². The average molecular weight is 254 g/mol. The first-order valence-corrected chi connectivity index (χ1v) is 6.89. The first-order valence-electron chi connectivity index (χ1n) is 6.89. The zero-order valence-electron chi connectivity index (χ0n) is 11.2. The molecule has 3 heterocycles. The molecule has 0 bridgehead atoms. The summed E-state index contributed by atoms with van der Waals surface area (Å²) in [6.45, 7) is 6.02. The highest BCUT2D eigenvalue weighted by molar-refractivity contribution is 5.80. The maximum absolute atomic E-state index is 12.5. The smallest absolute Gasteiger partial charge is 0.228 e. The molecule has 0 aliphatic carbocycles. The van der Waals surface area contributed by atoms with Crippen LogP contribution in [0, 0.1) is 5.92 Å². The van der Waals surface area contributed by atoms with Crippen molar-refractivity contribution in [2.24, 2.45) is 5.92 Å². The number of carbonyl (C=O) groups excluding carboxylic acids is 1. The van der Waals surface area contributed by atoms with Gasteiger partial charge in [0.05, 0.1) is 30.8 Å². The Morgan fingerprint density at radius 1 is 1.22 bits per heavy atom. The van der Waals surface area contributed by atoms with Crippen LogP contribution in [0.25, 0.3) is 0 Å². The number of carbonyl (C=O) groups is 1. The SMILES string of the molecule is C[C@H]1OCC[C@H]1C(=O)N1C[C@H]2OCCN(C)[C@H]2C1. The molecule has 5 nitrogen and oxygen atoms in total. The maximum atomic E-state index is 12.5. The normalized spacial score (nSPS) is 41.1. The number of hydrogen-bond donors (Lipinski definition) is 0. The van der Waals surface area contributed by atoms with Gasteiger partial charge in [0.15, 0.2) is 0 Å². The van der Waals surface area contributed by atoms with Crippen LogP contribution in [0.2, 0.25) is 0 Å². The molecule has 3 aliphatic rings. The van der Waals surface area contributed by atoms with Crippen molar-refractivity contribution >= 4 is 5.91 Å². The van der Waals surface area contributed by atoms with Crippen molar-refractivity contribution < 1.29 is 14.3 Å². The lowest BCUT2D eigenvalue weighted by Gasteiger charge is -2.33.